The molecule has 0 aliphatic heterocycles. The minimum absolute atomic E-state index is 0.0238. The SMILES string of the molecule is Cc1ccc(NC(=O)CSc2nc(-c3ccc(Br)cc3)cs2)cc1. The maximum atomic E-state index is 12.0. The van der Waals surface area contributed by atoms with Gasteiger partial charge >= 0.3 is 0 Å². The lowest BCUT2D eigenvalue weighted by Crippen LogP contribution is -2.13. The van der Waals surface area contributed by atoms with E-state index >= 15 is 0 Å². The number of carbonyl (C=O) groups excluding carboxylic acids is 1. The number of nitrogens with one attached hydrogen (secondary N) is 1. The molecule has 1 heterocycles. The highest BCUT2D eigenvalue weighted by Gasteiger charge is 2.08. The molecule has 0 bridgehead atoms. The molecule has 1 N–H and O–H groups in total. The first-order valence-electron chi connectivity index (χ1n) is 7.31. The van der Waals surface area contributed by atoms with Crippen LogP contribution in [-0.2, 0) is 4.79 Å². The average Bonchev–Trinajstić information content (AvgIpc) is 3.05. The van der Waals surface area contributed by atoms with Crippen LogP contribution in [0.4, 0.5) is 5.69 Å². The van der Waals surface area contributed by atoms with Gasteiger partial charge in [0, 0.05) is 21.1 Å². The van der Waals surface area contributed by atoms with Crippen molar-refractivity contribution in [1.82, 2.24) is 4.98 Å². The van der Waals surface area contributed by atoms with Crippen molar-refractivity contribution in [2.75, 3.05) is 11.1 Å². The lowest BCUT2D eigenvalue weighted by atomic mass is 10.2. The molecule has 6 heteroatoms. The van der Waals surface area contributed by atoms with Crippen molar-refractivity contribution in [1.29, 1.82) is 0 Å². The van der Waals surface area contributed by atoms with Crippen LogP contribution >= 0.6 is 39.0 Å². The fourth-order valence-corrected chi connectivity index (χ4v) is 3.94. The molecule has 122 valence electrons. The number of amides is 1. The van der Waals surface area contributed by atoms with E-state index in [9.17, 15) is 4.79 Å². The van der Waals surface area contributed by atoms with Gasteiger partial charge in [0.1, 0.15) is 0 Å². The Kier molecular flexibility index (Phi) is 5.71. The van der Waals surface area contributed by atoms with Crippen LogP contribution < -0.4 is 5.32 Å². The molecule has 2 aromatic carbocycles. The first kappa shape index (κ1) is 17.2. The second-order valence-corrected chi connectivity index (χ2v) is 8.20. The number of halogens is 1. The fourth-order valence-electron chi connectivity index (χ4n) is 2.04. The highest BCUT2D eigenvalue weighted by atomic mass is 79.9. The Morgan fingerprint density at radius 1 is 1.17 bits per heavy atom. The maximum Gasteiger partial charge on any atom is 0.234 e. The zero-order valence-electron chi connectivity index (χ0n) is 13.0. The van der Waals surface area contributed by atoms with Crippen molar-refractivity contribution in [2.45, 2.75) is 11.3 Å². The molecule has 0 saturated carbocycles. The molecule has 1 amide bonds. The van der Waals surface area contributed by atoms with Crippen molar-refractivity contribution < 1.29 is 4.79 Å². The monoisotopic (exact) mass is 418 g/mol. The van der Waals surface area contributed by atoms with Gasteiger partial charge in [-0.3, -0.25) is 4.79 Å². The second-order valence-electron chi connectivity index (χ2n) is 5.21. The number of carbonyl (C=O) groups is 1. The number of anilines is 1. The third-order valence-corrected chi connectivity index (χ3v) is 5.83. The van der Waals surface area contributed by atoms with Crippen LogP contribution in [0.5, 0.6) is 0 Å². The van der Waals surface area contributed by atoms with Crippen LogP contribution in [0.25, 0.3) is 11.3 Å². The zero-order chi connectivity index (χ0) is 16.9. The largest absolute Gasteiger partial charge is 0.325 e. The number of benzene rings is 2. The summed E-state index contributed by atoms with van der Waals surface area (Å²) in [5.41, 5.74) is 4.01. The van der Waals surface area contributed by atoms with Gasteiger partial charge < -0.3 is 5.32 Å². The second kappa shape index (κ2) is 7.96. The van der Waals surface area contributed by atoms with Gasteiger partial charge in [-0.2, -0.15) is 0 Å². The molecule has 0 radical (unpaired) electrons. The summed E-state index contributed by atoms with van der Waals surface area (Å²) in [7, 11) is 0. The molecular formula is C18H15BrN2OS2. The maximum absolute atomic E-state index is 12.0. The molecule has 0 saturated heterocycles. The summed E-state index contributed by atoms with van der Waals surface area (Å²) >= 11 is 6.44. The van der Waals surface area contributed by atoms with E-state index in [0.29, 0.717) is 5.75 Å². The van der Waals surface area contributed by atoms with Crippen LogP contribution in [0, 0.1) is 6.92 Å². The molecular weight excluding hydrogens is 404 g/mol. The van der Waals surface area contributed by atoms with E-state index in [1.54, 1.807) is 11.3 Å². The standard InChI is InChI=1S/C18H15BrN2OS2/c1-12-2-8-15(9-3-12)20-17(22)11-24-18-21-16(10-23-18)13-4-6-14(19)7-5-13/h2-10H,11H2,1H3,(H,20,22). The van der Waals surface area contributed by atoms with Crippen LogP contribution in [0.1, 0.15) is 5.56 Å². The van der Waals surface area contributed by atoms with Gasteiger partial charge in [0.2, 0.25) is 5.91 Å². The highest BCUT2D eigenvalue weighted by Crippen LogP contribution is 2.29. The summed E-state index contributed by atoms with van der Waals surface area (Å²) < 4.78 is 1.94. The molecule has 0 atom stereocenters. The Hall–Kier alpha value is -1.63. The first-order chi connectivity index (χ1) is 11.6. The van der Waals surface area contributed by atoms with Crippen molar-refractivity contribution in [3.63, 3.8) is 0 Å². The van der Waals surface area contributed by atoms with Gasteiger partial charge in [-0.1, -0.05) is 57.5 Å². The number of thioether (sulfide) groups is 1. The highest BCUT2D eigenvalue weighted by molar-refractivity contribution is 9.10. The van der Waals surface area contributed by atoms with Crippen LogP contribution in [0.3, 0.4) is 0 Å². The Morgan fingerprint density at radius 2 is 1.88 bits per heavy atom. The number of aryl methyl sites for hydroxylation is 1. The number of aromatic nitrogens is 1. The number of nitrogens with zero attached hydrogens (tertiary/aromatic N) is 1. The summed E-state index contributed by atoms with van der Waals surface area (Å²) in [5.74, 6) is 0.325. The van der Waals surface area contributed by atoms with Crippen LogP contribution in [-0.4, -0.2) is 16.6 Å². The minimum atomic E-state index is -0.0238. The van der Waals surface area contributed by atoms with Gasteiger partial charge in [-0.25, -0.2) is 4.98 Å². The third-order valence-electron chi connectivity index (χ3n) is 3.29. The summed E-state index contributed by atoms with van der Waals surface area (Å²) in [6.45, 7) is 2.02. The molecule has 0 aliphatic carbocycles. The Morgan fingerprint density at radius 3 is 2.58 bits per heavy atom. The molecule has 0 aliphatic rings. The van der Waals surface area contributed by atoms with Crippen molar-refractivity contribution in [2.24, 2.45) is 0 Å². The van der Waals surface area contributed by atoms with E-state index in [1.165, 1.54) is 17.3 Å². The van der Waals surface area contributed by atoms with E-state index in [-0.39, 0.29) is 5.91 Å². The molecule has 1 aromatic heterocycles. The zero-order valence-corrected chi connectivity index (χ0v) is 16.2. The lowest BCUT2D eigenvalue weighted by Gasteiger charge is -2.04. The number of thiazole rings is 1. The Balaban J connectivity index is 1.56. The van der Waals surface area contributed by atoms with E-state index in [0.717, 1.165) is 25.8 Å². The summed E-state index contributed by atoms with van der Waals surface area (Å²) in [5, 5.41) is 4.91. The van der Waals surface area contributed by atoms with Gasteiger partial charge in [-0.15, -0.1) is 11.3 Å². The lowest BCUT2D eigenvalue weighted by molar-refractivity contribution is -0.113. The van der Waals surface area contributed by atoms with Crippen LogP contribution in [0.15, 0.2) is 62.7 Å². The van der Waals surface area contributed by atoms with Crippen molar-refractivity contribution >= 4 is 50.6 Å². The first-order valence-corrected chi connectivity index (χ1v) is 9.97. The van der Waals surface area contributed by atoms with Crippen LogP contribution in [0.2, 0.25) is 0 Å². The van der Waals surface area contributed by atoms with E-state index in [2.05, 4.69) is 26.2 Å². The summed E-state index contributed by atoms with van der Waals surface area (Å²) in [4.78, 5) is 16.6. The van der Waals surface area contributed by atoms with Crippen molar-refractivity contribution in [3.8, 4) is 11.3 Å². The number of rotatable bonds is 5. The van der Waals surface area contributed by atoms with Gasteiger partial charge in [0.25, 0.3) is 0 Å². The minimum Gasteiger partial charge on any atom is -0.325 e. The summed E-state index contributed by atoms with van der Waals surface area (Å²) in [6.07, 6.45) is 0. The molecule has 24 heavy (non-hydrogen) atoms. The van der Waals surface area contributed by atoms with E-state index < -0.39 is 0 Å². The van der Waals surface area contributed by atoms with Gasteiger partial charge in [-0.05, 0) is 31.2 Å². The van der Waals surface area contributed by atoms with E-state index in [1.807, 2.05) is 60.8 Å². The Bertz CT molecular complexity index is 829. The van der Waals surface area contributed by atoms with Gasteiger partial charge in [0.15, 0.2) is 4.34 Å². The third kappa shape index (κ3) is 4.69. The smallest absolute Gasteiger partial charge is 0.234 e. The average molecular weight is 419 g/mol. The normalized spacial score (nSPS) is 10.6. The predicted octanol–water partition coefficient (Wildman–Crippen LogP) is 5.61. The van der Waals surface area contributed by atoms with E-state index in [4.69, 9.17) is 0 Å². The van der Waals surface area contributed by atoms with Crippen molar-refractivity contribution in [3.05, 3.63) is 63.9 Å². The molecule has 3 rings (SSSR count). The predicted molar refractivity (Wildman–Crippen MR) is 106 cm³/mol. The molecule has 0 fully saturated rings. The quantitative estimate of drug-likeness (QED) is 0.547. The summed E-state index contributed by atoms with van der Waals surface area (Å²) in [6, 6.07) is 15.8. The van der Waals surface area contributed by atoms with Gasteiger partial charge in [0.05, 0.1) is 11.4 Å². The molecule has 3 aromatic rings. The fraction of sp³-hybridized carbons (Fsp3) is 0.111. The Labute approximate surface area is 157 Å². The topological polar surface area (TPSA) is 42.0 Å². The number of hydrogen-bond donors (Lipinski definition) is 1. The molecule has 0 unspecified atom stereocenters. The molecule has 0 spiro atoms. The molecule has 3 nitrogen and oxygen atoms in total. The number of hydrogen-bond acceptors (Lipinski definition) is 4.